The Morgan fingerprint density at radius 1 is 0.895 bits per heavy atom. The molecule has 10 heteroatoms. The highest BCUT2D eigenvalue weighted by Crippen LogP contribution is 2.04. The lowest BCUT2D eigenvalue weighted by Gasteiger charge is -2.13. The van der Waals surface area contributed by atoms with Crippen molar-refractivity contribution in [1.29, 1.82) is 0 Å². The van der Waals surface area contributed by atoms with Crippen LogP contribution >= 0.6 is 0 Å². The molecule has 0 spiro atoms. The average Bonchev–Trinajstić information content (AvgIpc) is 2.23. The maximum Gasteiger partial charge on any atom is 0.267 e. The summed E-state index contributed by atoms with van der Waals surface area (Å²) in [5.74, 6) is -0.942. The number of ether oxygens (including phenoxy) is 1. The third-order valence-corrected chi connectivity index (χ3v) is 3.85. The van der Waals surface area contributed by atoms with Crippen molar-refractivity contribution in [2.75, 3.05) is 24.7 Å². The van der Waals surface area contributed by atoms with E-state index < -0.39 is 38.7 Å². The maximum absolute atomic E-state index is 10.6. The highest BCUT2D eigenvalue weighted by atomic mass is 32.2. The largest absolute Gasteiger partial charge is 0.394 e. The van der Waals surface area contributed by atoms with E-state index in [1.807, 2.05) is 0 Å². The van der Waals surface area contributed by atoms with E-state index in [0.717, 1.165) is 0 Å². The van der Waals surface area contributed by atoms with Crippen molar-refractivity contribution in [2.45, 2.75) is 31.8 Å². The van der Waals surface area contributed by atoms with Crippen molar-refractivity contribution in [3.8, 4) is 0 Å². The summed E-state index contributed by atoms with van der Waals surface area (Å²) >= 11 is 0. The van der Waals surface area contributed by atoms with Crippen LogP contribution in [0.3, 0.4) is 0 Å². The van der Waals surface area contributed by atoms with Crippen LogP contribution in [0, 0.1) is 0 Å². The fourth-order valence-electron chi connectivity index (χ4n) is 1.38. The number of unbranched alkanes of at least 4 members (excludes halogenated alkanes) is 3. The van der Waals surface area contributed by atoms with E-state index in [9.17, 15) is 16.8 Å². The SMILES string of the molecule is O=S(=O)(O)CCCCCCOC(CO)CS(=O)(=O)O. The first kappa shape index (κ1) is 18.7. The molecule has 116 valence electrons. The van der Waals surface area contributed by atoms with Crippen molar-refractivity contribution < 1.29 is 35.8 Å². The first-order valence-electron chi connectivity index (χ1n) is 5.77. The van der Waals surface area contributed by atoms with Crippen LogP contribution < -0.4 is 0 Å². The molecular weight excluding hydrogens is 300 g/mol. The van der Waals surface area contributed by atoms with E-state index in [-0.39, 0.29) is 12.4 Å². The summed E-state index contributed by atoms with van der Waals surface area (Å²) < 4.78 is 64.0. The van der Waals surface area contributed by atoms with Gasteiger partial charge in [0.15, 0.2) is 0 Å². The second-order valence-corrected chi connectivity index (χ2v) is 7.19. The Hall–Kier alpha value is -0.260. The molecule has 0 amide bonds. The summed E-state index contributed by atoms with van der Waals surface area (Å²) in [5, 5.41) is 8.82. The lowest BCUT2D eigenvalue weighted by Crippen LogP contribution is -2.27. The normalized spacial score (nSPS) is 14.5. The lowest BCUT2D eigenvalue weighted by atomic mass is 10.2. The molecule has 0 aliphatic rings. The predicted molar refractivity (Wildman–Crippen MR) is 68.1 cm³/mol. The van der Waals surface area contributed by atoms with Gasteiger partial charge in [-0.2, -0.15) is 16.8 Å². The van der Waals surface area contributed by atoms with Crippen molar-refractivity contribution in [2.24, 2.45) is 0 Å². The lowest BCUT2D eigenvalue weighted by molar-refractivity contribution is 0.0243. The molecule has 19 heavy (non-hydrogen) atoms. The third kappa shape index (κ3) is 14.0. The molecule has 1 atom stereocenters. The first-order chi connectivity index (χ1) is 8.64. The van der Waals surface area contributed by atoms with E-state index in [2.05, 4.69) is 0 Å². The molecule has 0 aromatic rings. The minimum atomic E-state index is -4.18. The molecule has 1 unspecified atom stereocenters. The molecule has 0 bridgehead atoms. The van der Waals surface area contributed by atoms with Crippen molar-refractivity contribution >= 4 is 20.2 Å². The van der Waals surface area contributed by atoms with Crippen molar-refractivity contribution in [3.05, 3.63) is 0 Å². The summed E-state index contributed by atoms with van der Waals surface area (Å²) in [5.41, 5.74) is 0. The Morgan fingerprint density at radius 3 is 1.95 bits per heavy atom. The van der Waals surface area contributed by atoms with Crippen molar-refractivity contribution in [3.63, 3.8) is 0 Å². The zero-order valence-electron chi connectivity index (χ0n) is 10.4. The molecule has 0 saturated carbocycles. The van der Waals surface area contributed by atoms with Gasteiger partial charge in [0.25, 0.3) is 20.2 Å². The third-order valence-electron chi connectivity index (χ3n) is 2.25. The van der Waals surface area contributed by atoms with E-state index in [1.165, 1.54) is 0 Å². The molecule has 8 nitrogen and oxygen atoms in total. The number of aliphatic hydroxyl groups excluding tert-OH is 1. The van der Waals surface area contributed by atoms with Crippen LogP contribution in [0.15, 0.2) is 0 Å². The van der Waals surface area contributed by atoms with E-state index in [0.29, 0.717) is 25.7 Å². The van der Waals surface area contributed by atoms with Gasteiger partial charge in [0.1, 0.15) is 5.75 Å². The quantitative estimate of drug-likeness (QED) is 0.348. The Kier molecular flexibility index (Phi) is 8.70. The molecule has 0 saturated heterocycles. The maximum atomic E-state index is 10.6. The Labute approximate surface area is 113 Å². The van der Waals surface area contributed by atoms with Crippen molar-refractivity contribution in [1.82, 2.24) is 0 Å². The Bertz CT molecular complexity index is 427. The minimum absolute atomic E-state index is 0.201. The highest BCUT2D eigenvalue weighted by molar-refractivity contribution is 7.86. The monoisotopic (exact) mass is 320 g/mol. The number of rotatable bonds is 11. The second kappa shape index (κ2) is 8.82. The standard InChI is InChI=1S/C9H20O8S2/c10-7-9(8-19(14,15)16)17-5-3-1-2-4-6-18(11,12)13/h9-10H,1-8H2,(H,11,12,13)(H,14,15,16). The van der Waals surface area contributed by atoms with Crippen LogP contribution in [0.1, 0.15) is 25.7 Å². The number of hydrogen-bond donors (Lipinski definition) is 3. The van der Waals surface area contributed by atoms with Crippen LogP contribution in [-0.4, -0.2) is 61.9 Å². The Balaban J connectivity index is 3.62. The van der Waals surface area contributed by atoms with Gasteiger partial charge in [0.2, 0.25) is 0 Å². The van der Waals surface area contributed by atoms with Crippen LogP contribution in [0.25, 0.3) is 0 Å². The highest BCUT2D eigenvalue weighted by Gasteiger charge is 2.16. The molecule has 0 fully saturated rings. The van der Waals surface area contributed by atoms with E-state index in [4.69, 9.17) is 18.9 Å². The minimum Gasteiger partial charge on any atom is -0.394 e. The summed E-state index contributed by atoms with van der Waals surface area (Å²) in [6.07, 6.45) is 1.18. The van der Waals surface area contributed by atoms with E-state index in [1.54, 1.807) is 0 Å². The molecular formula is C9H20O8S2. The summed E-state index contributed by atoms with van der Waals surface area (Å²) in [6, 6.07) is 0. The van der Waals surface area contributed by atoms with Gasteiger partial charge in [-0.3, -0.25) is 9.11 Å². The molecule has 3 N–H and O–H groups in total. The molecule has 0 aromatic carbocycles. The molecule has 0 rings (SSSR count). The van der Waals surface area contributed by atoms with Gasteiger partial charge < -0.3 is 9.84 Å². The molecule has 0 aliphatic heterocycles. The molecule has 0 aliphatic carbocycles. The van der Waals surface area contributed by atoms with Gasteiger partial charge >= 0.3 is 0 Å². The van der Waals surface area contributed by atoms with Gasteiger partial charge in [0, 0.05) is 6.61 Å². The fourth-order valence-corrected chi connectivity index (χ4v) is 2.62. The molecule has 0 heterocycles. The topological polar surface area (TPSA) is 138 Å². The zero-order valence-corrected chi connectivity index (χ0v) is 12.1. The molecule has 0 aromatic heterocycles. The summed E-state index contributed by atoms with van der Waals surface area (Å²) in [4.78, 5) is 0. The van der Waals surface area contributed by atoms with Crippen LogP contribution in [0.2, 0.25) is 0 Å². The summed E-state index contributed by atoms with van der Waals surface area (Å²) in [7, 11) is -8.10. The van der Waals surface area contributed by atoms with Crippen LogP contribution in [-0.2, 0) is 25.0 Å². The smallest absolute Gasteiger partial charge is 0.267 e. The number of hydrogen-bond acceptors (Lipinski definition) is 6. The van der Waals surface area contributed by atoms with Crippen LogP contribution in [0.4, 0.5) is 0 Å². The van der Waals surface area contributed by atoms with E-state index >= 15 is 0 Å². The average molecular weight is 320 g/mol. The second-order valence-electron chi connectivity index (χ2n) is 4.12. The number of aliphatic hydroxyl groups is 1. The van der Waals surface area contributed by atoms with Gasteiger partial charge in [-0.15, -0.1) is 0 Å². The van der Waals surface area contributed by atoms with Gasteiger partial charge in [0.05, 0.1) is 18.5 Å². The van der Waals surface area contributed by atoms with Gasteiger partial charge in [-0.05, 0) is 12.8 Å². The fraction of sp³-hybridized carbons (Fsp3) is 1.00. The van der Waals surface area contributed by atoms with Gasteiger partial charge in [-0.1, -0.05) is 12.8 Å². The first-order valence-corrected chi connectivity index (χ1v) is 8.98. The summed E-state index contributed by atoms with van der Waals surface area (Å²) in [6.45, 7) is -0.310. The molecule has 0 radical (unpaired) electrons. The zero-order chi connectivity index (χ0) is 14.9. The Morgan fingerprint density at radius 2 is 1.47 bits per heavy atom. The van der Waals surface area contributed by atoms with Crippen LogP contribution in [0.5, 0.6) is 0 Å². The predicted octanol–water partition coefficient (Wildman–Crippen LogP) is -0.300. The van der Waals surface area contributed by atoms with Gasteiger partial charge in [-0.25, -0.2) is 0 Å².